The van der Waals surface area contributed by atoms with Crippen molar-refractivity contribution in [1.29, 1.82) is 0 Å². The predicted octanol–water partition coefficient (Wildman–Crippen LogP) is 1.05. The van der Waals surface area contributed by atoms with E-state index in [1.807, 2.05) is 25.1 Å². The van der Waals surface area contributed by atoms with Crippen LogP contribution >= 0.6 is 0 Å². The number of aryl methyl sites for hydroxylation is 1. The lowest BCUT2D eigenvalue weighted by molar-refractivity contribution is -0.142. The fraction of sp³-hybridized carbons (Fsp3) is 0.417. The highest BCUT2D eigenvalue weighted by molar-refractivity contribution is 5.75. The second kappa shape index (κ2) is 5.51. The molecular formula is C12H17NO3. The molecule has 0 spiro atoms. The highest BCUT2D eigenvalue weighted by Gasteiger charge is 2.15. The lowest BCUT2D eigenvalue weighted by atomic mass is 10.0. The molecule has 1 atom stereocenters. The van der Waals surface area contributed by atoms with Gasteiger partial charge in [-0.1, -0.05) is 6.07 Å². The minimum Gasteiger partial charge on any atom is -0.497 e. The minimum atomic E-state index is -0.614. The van der Waals surface area contributed by atoms with Gasteiger partial charge < -0.3 is 15.2 Å². The molecule has 4 heteroatoms. The maximum absolute atomic E-state index is 11.2. The molecule has 1 rings (SSSR count). The number of rotatable bonds is 4. The second-order valence-corrected chi connectivity index (χ2v) is 3.63. The molecule has 0 saturated carbocycles. The van der Waals surface area contributed by atoms with Crippen LogP contribution in [-0.4, -0.2) is 26.2 Å². The minimum absolute atomic E-state index is 0.393. The van der Waals surface area contributed by atoms with Crippen molar-refractivity contribution in [3.8, 4) is 5.75 Å². The number of ether oxygens (including phenoxy) is 2. The van der Waals surface area contributed by atoms with Crippen molar-refractivity contribution < 1.29 is 14.3 Å². The Morgan fingerprint density at radius 2 is 2.12 bits per heavy atom. The Morgan fingerprint density at radius 1 is 1.44 bits per heavy atom. The normalized spacial score (nSPS) is 12.0. The number of hydrogen-bond donors (Lipinski definition) is 1. The maximum Gasteiger partial charge on any atom is 0.322 e. The summed E-state index contributed by atoms with van der Waals surface area (Å²) in [5, 5.41) is 0. The lowest BCUT2D eigenvalue weighted by Crippen LogP contribution is -2.33. The van der Waals surface area contributed by atoms with Crippen LogP contribution in [0, 0.1) is 6.92 Å². The molecule has 0 bridgehead atoms. The molecule has 0 unspecified atom stereocenters. The first kappa shape index (κ1) is 12.5. The van der Waals surface area contributed by atoms with Crippen molar-refractivity contribution in [3.63, 3.8) is 0 Å². The van der Waals surface area contributed by atoms with Crippen LogP contribution < -0.4 is 10.5 Å². The van der Waals surface area contributed by atoms with Crippen LogP contribution in [0.2, 0.25) is 0 Å². The van der Waals surface area contributed by atoms with Gasteiger partial charge in [0, 0.05) is 0 Å². The third-order valence-corrected chi connectivity index (χ3v) is 2.49. The summed E-state index contributed by atoms with van der Waals surface area (Å²) in [6, 6.07) is 5.07. The number of benzene rings is 1. The van der Waals surface area contributed by atoms with Gasteiger partial charge in [0.2, 0.25) is 0 Å². The van der Waals surface area contributed by atoms with Crippen LogP contribution in [0.25, 0.3) is 0 Å². The molecule has 0 heterocycles. The molecule has 1 aromatic carbocycles. The summed E-state index contributed by atoms with van der Waals surface area (Å²) in [4.78, 5) is 11.2. The van der Waals surface area contributed by atoms with Crippen molar-refractivity contribution in [2.45, 2.75) is 19.4 Å². The van der Waals surface area contributed by atoms with Gasteiger partial charge in [0.15, 0.2) is 0 Å². The Morgan fingerprint density at radius 3 is 2.62 bits per heavy atom. The largest absolute Gasteiger partial charge is 0.497 e. The Balaban J connectivity index is 2.78. The molecule has 2 N–H and O–H groups in total. The van der Waals surface area contributed by atoms with Crippen molar-refractivity contribution in [2.24, 2.45) is 5.73 Å². The van der Waals surface area contributed by atoms with Crippen LogP contribution in [0.5, 0.6) is 5.75 Å². The average molecular weight is 223 g/mol. The topological polar surface area (TPSA) is 61.5 Å². The Bertz CT molecular complexity index is 377. The molecule has 4 nitrogen and oxygen atoms in total. The van der Waals surface area contributed by atoms with Crippen molar-refractivity contribution >= 4 is 5.97 Å². The van der Waals surface area contributed by atoms with Gasteiger partial charge in [0.05, 0.1) is 14.2 Å². The maximum atomic E-state index is 11.2. The molecule has 0 amide bonds. The molecule has 1 aromatic rings. The molecule has 0 fully saturated rings. The van der Waals surface area contributed by atoms with Gasteiger partial charge in [-0.3, -0.25) is 4.79 Å². The lowest BCUT2D eigenvalue weighted by Gasteiger charge is -2.12. The second-order valence-electron chi connectivity index (χ2n) is 3.63. The van der Waals surface area contributed by atoms with Gasteiger partial charge in [-0.2, -0.15) is 0 Å². The number of hydrogen-bond acceptors (Lipinski definition) is 4. The first-order valence-corrected chi connectivity index (χ1v) is 5.05. The summed E-state index contributed by atoms with van der Waals surface area (Å²) in [7, 11) is 2.96. The molecule has 0 aromatic heterocycles. The van der Waals surface area contributed by atoms with Crippen LogP contribution in [0.4, 0.5) is 0 Å². The zero-order chi connectivity index (χ0) is 12.1. The number of carbonyl (C=O) groups is 1. The van der Waals surface area contributed by atoms with E-state index in [4.69, 9.17) is 10.5 Å². The fourth-order valence-corrected chi connectivity index (χ4v) is 1.50. The van der Waals surface area contributed by atoms with E-state index in [-0.39, 0.29) is 0 Å². The Kier molecular flexibility index (Phi) is 4.31. The van der Waals surface area contributed by atoms with Gasteiger partial charge in [0.1, 0.15) is 11.8 Å². The van der Waals surface area contributed by atoms with E-state index in [0.29, 0.717) is 6.42 Å². The Labute approximate surface area is 95.3 Å². The van der Waals surface area contributed by atoms with E-state index in [1.54, 1.807) is 7.11 Å². The molecule has 0 saturated heterocycles. The van der Waals surface area contributed by atoms with Gasteiger partial charge in [-0.05, 0) is 36.6 Å². The van der Waals surface area contributed by atoms with E-state index in [2.05, 4.69) is 4.74 Å². The van der Waals surface area contributed by atoms with Crippen molar-refractivity contribution in [3.05, 3.63) is 29.3 Å². The van der Waals surface area contributed by atoms with Gasteiger partial charge >= 0.3 is 5.97 Å². The first-order chi connectivity index (χ1) is 7.58. The summed E-state index contributed by atoms with van der Waals surface area (Å²) in [5.74, 6) is 0.406. The number of carbonyl (C=O) groups excluding carboxylic acids is 1. The number of nitrogens with two attached hydrogens (primary N) is 1. The van der Waals surface area contributed by atoms with Crippen LogP contribution in [-0.2, 0) is 16.0 Å². The standard InChI is InChI=1S/C12H17NO3/c1-8-6-10(15-2)5-4-9(8)7-11(13)12(14)16-3/h4-6,11H,7,13H2,1-3H3/t11-/m1/s1. The Hall–Kier alpha value is -1.55. The van der Waals surface area contributed by atoms with Crippen molar-refractivity contribution in [1.82, 2.24) is 0 Å². The van der Waals surface area contributed by atoms with E-state index in [9.17, 15) is 4.79 Å². The van der Waals surface area contributed by atoms with E-state index >= 15 is 0 Å². The predicted molar refractivity (Wildman–Crippen MR) is 61.4 cm³/mol. The average Bonchev–Trinajstić information content (AvgIpc) is 2.30. The zero-order valence-electron chi connectivity index (χ0n) is 9.82. The van der Waals surface area contributed by atoms with E-state index in [1.165, 1.54) is 7.11 Å². The third kappa shape index (κ3) is 2.97. The smallest absolute Gasteiger partial charge is 0.322 e. The summed E-state index contributed by atoms with van der Waals surface area (Å²) in [6.45, 7) is 1.96. The molecule has 88 valence electrons. The highest BCUT2D eigenvalue weighted by Crippen LogP contribution is 2.17. The molecule has 0 aliphatic rings. The van der Waals surface area contributed by atoms with Crippen LogP contribution in [0.15, 0.2) is 18.2 Å². The zero-order valence-corrected chi connectivity index (χ0v) is 9.82. The quantitative estimate of drug-likeness (QED) is 0.775. The molecule has 0 aliphatic carbocycles. The third-order valence-electron chi connectivity index (χ3n) is 2.49. The van der Waals surface area contributed by atoms with Crippen molar-refractivity contribution in [2.75, 3.05) is 14.2 Å². The molecule has 0 aliphatic heterocycles. The molecule has 0 radical (unpaired) electrons. The van der Waals surface area contributed by atoms with Crippen LogP contribution in [0.3, 0.4) is 0 Å². The highest BCUT2D eigenvalue weighted by atomic mass is 16.5. The first-order valence-electron chi connectivity index (χ1n) is 5.05. The number of esters is 1. The van der Waals surface area contributed by atoms with Crippen LogP contribution in [0.1, 0.15) is 11.1 Å². The molecular weight excluding hydrogens is 206 g/mol. The summed E-state index contributed by atoms with van der Waals surface area (Å²) in [6.07, 6.45) is 0.475. The monoisotopic (exact) mass is 223 g/mol. The summed E-state index contributed by atoms with van der Waals surface area (Å²) in [5.41, 5.74) is 7.77. The molecule has 16 heavy (non-hydrogen) atoms. The van der Waals surface area contributed by atoms with Gasteiger partial charge in [-0.25, -0.2) is 0 Å². The van der Waals surface area contributed by atoms with Gasteiger partial charge in [-0.15, -0.1) is 0 Å². The van der Waals surface area contributed by atoms with E-state index in [0.717, 1.165) is 16.9 Å². The fourth-order valence-electron chi connectivity index (χ4n) is 1.50. The number of methoxy groups -OCH3 is 2. The summed E-state index contributed by atoms with van der Waals surface area (Å²) >= 11 is 0. The summed E-state index contributed by atoms with van der Waals surface area (Å²) < 4.78 is 9.68. The van der Waals surface area contributed by atoms with Gasteiger partial charge in [0.25, 0.3) is 0 Å². The van der Waals surface area contributed by atoms with E-state index < -0.39 is 12.0 Å². The SMILES string of the molecule is COC(=O)[C@H](N)Cc1ccc(OC)cc1C.